The molecule has 138 valence electrons. The second-order valence-corrected chi connectivity index (χ2v) is 8.15. The number of rotatable bonds is 6. The minimum atomic E-state index is -0.351. The molecule has 0 saturated carbocycles. The molecule has 1 N–H and O–H groups in total. The summed E-state index contributed by atoms with van der Waals surface area (Å²) in [5.41, 5.74) is 5.08. The minimum absolute atomic E-state index is 0.125. The molecule has 0 unspecified atom stereocenters. The van der Waals surface area contributed by atoms with Crippen molar-refractivity contribution in [2.24, 2.45) is 5.10 Å². The van der Waals surface area contributed by atoms with Gasteiger partial charge in [0.25, 0.3) is 5.91 Å². The Bertz CT molecular complexity index is 831. The number of hydrogen-bond donors (Lipinski definition) is 1. The summed E-state index contributed by atoms with van der Waals surface area (Å²) in [7, 11) is 1.57. The predicted molar refractivity (Wildman–Crippen MR) is 113 cm³/mol. The molecule has 0 saturated heterocycles. The van der Waals surface area contributed by atoms with Crippen molar-refractivity contribution in [3.05, 3.63) is 54.4 Å². The molecular weight excluding hydrogens is 532 g/mol. The number of nitrogens with zero attached hydrogens (tertiary/aromatic N) is 1. The lowest BCUT2D eigenvalue weighted by Gasteiger charge is -2.12. The van der Waals surface area contributed by atoms with E-state index in [1.807, 2.05) is 38.1 Å². The Morgan fingerprint density at radius 1 is 1.08 bits per heavy atom. The van der Waals surface area contributed by atoms with Crippen molar-refractivity contribution in [2.75, 3.05) is 13.7 Å². The van der Waals surface area contributed by atoms with Crippen molar-refractivity contribution in [1.82, 2.24) is 5.43 Å². The topological polar surface area (TPSA) is 59.9 Å². The van der Waals surface area contributed by atoms with Gasteiger partial charge < -0.3 is 9.47 Å². The van der Waals surface area contributed by atoms with Gasteiger partial charge >= 0.3 is 0 Å². The lowest BCUT2D eigenvalue weighted by atomic mass is 10.1. The predicted octanol–water partition coefficient (Wildman–Crippen LogP) is 5.13. The zero-order valence-corrected chi connectivity index (χ0v) is 19.2. The average molecular weight is 549 g/mol. The fourth-order valence-electron chi connectivity index (χ4n) is 2.36. The summed E-state index contributed by atoms with van der Waals surface area (Å²) >= 11 is 10.3. The molecule has 0 fully saturated rings. The molecule has 0 aliphatic rings. The summed E-state index contributed by atoms with van der Waals surface area (Å²) in [6.07, 6.45) is 1.52. The third-order valence-electron chi connectivity index (χ3n) is 3.41. The highest BCUT2D eigenvalue weighted by Gasteiger charge is 2.09. The highest BCUT2D eigenvalue weighted by Crippen LogP contribution is 2.31. The van der Waals surface area contributed by atoms with Crippen LogP contribution in [0.5, 0.6) is 11.5 Å². The van der Waals surface area contributed by atoms with Crippen molar-refractivity contribution < 1.29 is 14.3 Å². The van der Waals surface area contributed by atoms with Gasteiger partial charge in [0.2, 0.25) is 0 Å². The fraction of sp³-hybridized carbons (Fsp3) is 0.222. The van der Waals surface area contributed by atoms with E-state index in [-0.39, 0.29) is 12.5 Å². The first-order chi connectivity index (χ1) is 12.3. The van der Waals surface area contributed by atoms with Gasteiger partial charge in [-0.25, -0.2) is 5.43 Å². The molecule has 5 nitrogen and oxygen atoms in total. The maximum atomic E-state index is 12.0. The van der Waals surface area contributed by atoms with Gasteiger partial charge in [-0.15, -0.1) is 0 Å². The average Bonchev–Trinajstić information content (AvgIpc) is 2.53. The molecule has 0 aromatic heterocycles. The Balaban J connectivity index is 1.99. The molecule has 2 rings (SSSR count). The molecule has 2 aromatic rings. The number of ether oxygens (including phenoxy) is 2. The lowest BCUT2D eigenvalue weighted by molar-refractivity contribution is -0.123. The number of carbonyl (C=O) groups is 1. The first-order valence-corrected chi connectivity index (χ1v) is 9.94. The number of hydrogen-bond acceptors (Lipinski definition) is 4. The second kappa shape index (κ2) is 9.53. The Kier molecular flexibility index (Phi) is 7.67. The molecule has 8 heteroatoms. The summed E-state index contributed by atoms with van der Waals surface area (Å²) in [4.78, 5) is 12.0. The first kappa shape index (κ1) is 20.9. The van der Waals surface area contributed by atoms with Crippen LogP contribution >= 0.6 is 47.8 Å². The number of hydrazone groups is 1. The number of benzene rings is 2. The molecule has 1 amide bonds. The quantitative estimate of drug-likeness (QED) is 0.402. The van der Waals surface area contributed by atoms with Gasteiger partial charge in [-0.3, -0.25) is 4.79 Å². The van der Waals surface area contributed by atoms with Gasteiger partial charge in [0.15, 0.2) is 6.61 Å². The highest BCUT2D eigenvalue weighted by atomic mass is 79.9. The van der Waals surface area contributed by atoms with Gasteiger partial charge in [-0.05, 0) is 65.2 Å². The van der Waals surface area contributed by atoms with Gasteiger partial charge in [0.05, 0.1) is 17.8 Å². The summed E-state index contributed by atoms with van der Waals surface area (Å²) in [5.74, 6) is 0.976. The van der Waals surface area contributed by atoms with Crippen LogP contribution < -0.4 is 14.9 Å². The number of amides is 1. The maximum Gasteiger partial charge on any atom is 0.277 e. The smallest absolute Gasteiger partial charge is 0.277 e. The fourth-order valence-corrected chi connectivity index (χ4v) is 4.47. The maximum absolute atomic E-state index is 12.0. The summed E-state index contributed by atoms with van der Waals surface area (Å²) in [6, 6.07) is 7.58. The van der Waals surface area contributed by atoms with Crippen LogP contribution in [0.25, 0.3) is 0 Å². The lowest BCUT2D eigenvalue weighted by Crippen LogP contribution is -2.25. The Labute approximate surface area is 177 Å². The molecule has 0 atom stereocenters. The normalized spacial score (nSPS) is 10.8. The van der Waals surface area contributed by atoms with E-state index in [1.165, 1.54) is 6.21 Å². The molecule has 0 spiro atoms. The van der Waals surface area contributed by atoms with Crippen molar-refractivity contribution in [2.45, 2.75) is 13.8 Å². The number of halogens is 3. The summed E-state index contributed by atoms with van der Waals surface area (Å²) < 4.78 is 13.6. The Morgan fingerprint density at radius 3 is 2.31 bits per heavy atom. The first-order valence-electron chi connectivity index (χ1n) is 7.56. The van der Waals surface area contributed by atoms with Crippen LogP contribution in [0.1, 0.15) is 16.7 Å². The van der Waals surface area contributed by atoms with Crippen LogP contribution in [0.2, 0.25) is 0 Å². The van der Waals surface area contributed by atoms with Crippen LogP contribution in [-0.4, -0.2) is 25.8 Å². The molecule has 0 aliphatic heterocycles. The number of carbonyl (C=O) groups excluding carboxylic acids is 1. The Morgan fingerprint density at radius 2 is 1.69 bits per heavy atom. The SMILES string of the molecule is COc1c(Br)cc(Br)cc1/C=N/NC(=O)COc1c(C)cc(Br)cc1C. The third kappa shape index (κ3) is 5.56. The van der Waals surface area contributed by atoms with Crippen LogP contribution in [0.15, 0.2) is 42.8 Å². The number of nitrogens with one attached hydrogen (secondary N) is 1. The van der Waals surface area contributed by atoms with Crippen molar-refractivity contribution in [3.8, 4) is 11.5 Å². The highest BCUT2D eigenvalue weighted by molar-refractivity contribution is 9.11. The second-order valence-electron chi connectivity index (χ2n) is 5.46. The Hall–Kier alpha value is -1.38. The third-order valence-corrected chi connectivity index (χ3v) is 4.91. The largest absolute Gasteiger partial charge is 0.495 e. The van der Waals surface area contributed by atoms with Gasteiger partial charge in [-0.2, -0.15) is 5.10 Å². The van der Waals surface area contributed by atoms with Gasteiger partial charge in [0.1, 0.15) is 11.5 Å². The molecule has 0 heterocycles. The van der Waals surface area contributed by atoms with Crippen molar-refractivity contribution in [1.29, 1.82) is 0 Å². The molecule has 0 aliphatic carbocycles. The summed E-state index contributed by atoms with van der Waals surface area (Å²) in [5, 5.41) is 3.97. The van der Waals surface area contributed by atoms with E-state index in [4.69, 9.17) is 9.47 Å². The molecule has 0 bridgehead atoms. The van der Waals surface area contributed by atoms with E-state index < -0.39 is 0 Å². The molecular formula is C18H17Br3N2O3. The minimum Gasteiger partial charge on any atom is -0.495 e. The summed E-state index contributed by atoms with van der Waals surface area (Å²) in [6.45, 7) is 3.74. The van der Waals surface area contributed by atoms with Crippen LogP contribution in [0, 0.1) is 13.8 Å². The van der Waals surface area contributed by atoms with E-state index in [0.717, 1.165) is 30.1 Å². The van der Waals surface area contributed by atoms with Crippen molar-refractivity contribution in [3.63, 3.8) is 0 Å². The molecule has 26 heavy (non-hydrogen) atoms. The number of aryl methyl sites for hydroxylation is 2. The van der Waals surface area contributed by atoms with E-state index in [2.05, 4.69) is 58.3 Å². The van der Waals surface area contributed by atoms with Gasteiger partial charge in [0, 0.05) is 14.5 Å². The van der Waals surface area contributed by atoms with E-state index >= 15 is 0 Å². The zero-order valence-electron chi connectivity index (χ0n) is 14.4. The van der Waals surface area contributed by atoms with Gasteiger partial charge in [-0.1, -0.05) is 31.9 Å². The van der Waals surface area contributed by atoms with Crippen LogP contribution in [-0.2, 0) is 4.79 Å². The molecule has 2 aromatic carbocycles. The van der Waals surface area contributed by atoms with Crippen molar-refractivity contribution >= 4 is 59.9 Å². The zero-order chi connectivity index (χ0) is 19.3. The van der Waals surface area contributed by atoms with E-state index in [9.17, 15) is 4.79 Å². The number of methoxy groups -OCH3 is 1. The van der Waals surface area contributed by atoms with E-state index in [1.54, 1.807) is 7.11 Å². The van der Waals surface area contributed by atoms with Crippen LogP contribution in [0.3, 0.4) is 0 Å². The van der Waals surface area contributed by atoms with Crippen LogP contribution in [0.4, 0.5) is 0 Å². The standard InChI is InChI=1S/C18H17Br3N2O3/c1-10-4-13(19)5-11(2)17(10)26-9-16(24)23-22-8-12-6-14(20)7-15(21)18(12)25-3/h4-8H,9H2,1-3H3,(H,23,24)/b22-8+. The monoisotopic (exact) mass is 546 g/mol. The van der Waals surface area contributed by atoms with E-state index in [0.29, 0.717) is 11.5 Å². The molecule has 0 radical (unpaired) electrons.